The molecule has 1 N–H and O–H groups in total. The highest BCUT2D eigenvalue weighted by molar-refractivity contribution is 6.34. The molecule has 6 nitrogen and oxygen atoms in total. The van der Waals surface area contributed by atoms with Crippen molar-refractivity contribution in [1.29, 1.82) is 5.26 Å². The zero-order valence-electron chi connectivity index (χ0n) is 16.0. The Hall–Kier alpha value is -3.82. The first-order chi connectivity index (χ1) is 14.5. The van der Waals surface area contributed by atoms with E-state index < -0.39 is 11.9 Å². The van der Waals surface area contributed by atoms with E-state index in [-0.39, 0.29) is 5.57 Å². The average Bonchev–Trinajstić information content (AvgIpc) is 3.22. The maximum Gasteiger partial charge on any atom is 0.338 e. The first kappa shape index (κ1) is 20.9. The number of nitrogens with one attached hydrogen (secondary N) is 1. The number of nitrogens with zero attached hydrogens (tertiary/aromatic N) is 1. The van der Waals surface area contributed by atoms with Gasteiger partial charge in [-0.15, -0.1) is 0 Å². The molecular weight excluding hydrogens is 404 g/mol. The number of halogens is 1. The minimum absolute atomic E-state index is 0.131. The molecule has 1 heterocycles. The molecule has 2 aromatic carbocycles. The van der Waals surface area contributed by atoms with Gasteiger partial charge >= 0.3 is 5.97 Å². The highest BCUT2D eigenvalue weighted by atomic mass is 35.5. The van der Waals surface area contributed by atoms with Gasteiger partial charge in [-0.3, -0.25) is 4.79 Å². The van der Waals surface area contributed by atoms with Crippen molar-refractivity contribution >= 4 is 35.2 Å². The van der Waals surface area contributed by atoms with Gasteiger partial charge in [0.25, 0.3) is 5.91 Å². The second kappa shape index (κ2) is 9.59. The Kier molecular flexibility index (Phi) is 6.68. The van der Waals surface area contributed by atoms with Gasteiger partial charge in [-0.1, -0.05) is 35.9 Å². The fourth-order valence-electron chi connectivity index (χ4n) is 2.61. The lowest BCUT2D eigenvalue weighted by atomic mass is 10.1. The molecule has 0 spiro atoms. The standard InChI is InChI=1S/C23H17ClN2O4/c1-2-29-23(28)16-9-7-15(8-10-16)21-12-11-18(30-21)13-17(14-25)22(27)26-20-6-4-3-5-19(20)24/h3-13H,2H2,1H3,(H,26,27). The number of rotatable bonds is 6. The molecule has 1 amide bonds. The van der Waals surface area contributed by atoms with Crippen molar-refractivity contribution in [3.63, 3.8) is 0 Å². The fourth-order valence-corrected chi connectivity index (χ4v) is 2.80. The summed E-state index contributed by atoms with van der Waals surface area (Å²) in [6.45, 7) is 2.05. The van der Waals surface area contributed by atoms with Gasteiger partial charge in [-0.05, 0) is 43.3 Å². The summed E-state index contributed by atoms with van der Waals surface area (Å²) >= 11 is 6.03. The number of hydrogen-bond acceptors (Lipinski definition) is 5. The monoisotopic (exact) mass is 420 g/mol. The number of amides is 1. The summed E-state index contributed by atoms with van der Waals surface area (Å²) in [5, 5.41) is 12.3. The first-order valence-corrected chi connectivity index (χ1v) is 9.44. The molecule has 0 unspecified atom stereocenters. The molecule has 0 aliphatic heterocycles. The molecule has 150 valence electrons. The van der Waals surface area contributed by atoms with Gasteiger partial charge in [0.15, 0.2) is 0 Å². The average molecular weight is 421 g/mol. The Bertz CT molecular complexity index is 1140. The summed E-state index contributed by atoms with van der Waals surface area (Å²) < 4.78 is 10.7. The van der Waals surface area contributed by atoms with E-state index in [2.05, 4.69) is 5.32 Å². The minimum atomic E-state index is -0.595. The second-order valence-electron chi connectivity index (χ2n) is 6.10. The SMILES string of the molecule is CCOC(=O)c1ccc(-c2ccc(C=C(C#N)C(=O)Nc3ccccc3Cl)o2)cc1. The van der Waals surface area contributed by atoms with Crippen molar-refractivity contribution in [2.45, 2.75) is 6.92 Å². The third kappa shape index (κ3) is 4.96. The molecule has 0 radical (unpaired) electrons. The lowest BCUT2D eigenvalue weighted by Gasteiger charge is -2.05. The van der Waals surface area contributed by atoms with Crippen LogP contribution in [0.15, 0.2) is 70.7 Å². The smallest absolute Gasteiger partial charge is 0.338 e. The normalized spacial score (nSPS) is 10.9. The number of hydrogen-bond donors (Lipinski definition) is 1. The third-order valence-corrected chi connectivity index (χ3v) is 4.41. The number of para-hydroxylation sites is 1. The number of benzene rings is 2. The number of anilines is 1. The summed E-state index contributed by atoms with van der Waals surface area (Å²) in [7, 11) is 0. The van der Waals surface area contributed by atoms with E-state index in [0.29, 0.717) is 34.4 Å². The highest BCUT2D eigenvalue weighted by Gasteiger charge is 2.13. The fraction of sp³-hybridized carbons (Fsp3) is 0.0870. The number of furan rings is 1. The van der Waals surface area contributed by atoms with Gasteiger partial charge in [0, 0.05) is 11.6 Å². The summed E-state index contributed by atoms with van der Waals surface area (Å²) in [5.41, 5.74) is 1.46. The molecule has 0 aliphatic carbocycles. The lowest BCUT2D eigenvalue weighted by molar-refractivity contribution is -0.112. The summed E-state index contributed by atoms with van der Waals surface area (Å²) in [5.74, 6) is -0.122. The van der Waals surface area contributed by atoms with Crippen LogP contribution in [0.4, 0.5) is 5.69 Å². The summed E-state index contributed by atoms with van der Waals surface area (Å²) in [4.78, 5) is 24.1. The van der Waals surface area contributed by atoms with Crippen LogP contribution in [0.25, 0.3) is 17.4 Å². The number of carbonyl (C=O) groups is 2. The Morgan fingerprint density at radius 1 is 1.13 bits per heavy atom. The van der Waals surface area contributed by atoms with Crippen molar-refractivity contribution in [3.05, 3.63) is 82.6 Å². The minimum Gasteiger partial charge on any atom is -0.462 e. The summed E-state index contributed by atoms with van der Waals surface area (Å²) in [6, 6.07) is 18.7. The molecule has 7 heteroatoms. The van der Waals surface area contributed by atoms with Crippen molar-refractivity contribution in [1.82, 2.24) is 0 Å². The first-order valence-electron chi connectivity index (χ1n) is 9.07. The van der Waals surface area contributed by atoms with Gasteiger partial charge in [0.2, 0.25) is 0 Å². The van der Waals surface area contributed by atoms with E-state index in [0.717, 1.165) is 5.56 Å². The molecule has 0 bridgehead atoms. The van der Waals surface area contributed by atoms with Crippen molar-refractivity contribution in [2.75, 3.05) is 11.9 Å². The van der Waals surface area contributed by atoms with E-state index in [1.54, 1.807) is 67.6 Å². The Morgan fingerprint density at radius 2 is 1.87 bits per heavy atom. The van der Waals surface area contributed by atoms with Gasteiger partial charge in [0.05, 0.1) is 22.9 Å². The Morgan fingerprint density at radius 3 is 2.53 bits per heavy atom. The maximum atomic E-state index is 12.4. The molecule has 30 heavy (non-hydrogen) atoms. The third-order valence-electron chi connectivity index (χ3n) is 4.08. The predicted octanol–water partition coefficient (Wildman–Crippen LogP) is 5.32. The van der Waals surface area contributed by atoms with E-state index >= 15 is 0 Å². The Balaban J connectivity index is 1.76. The molecule has 0 atom stereocenters. The van der Waals surface area contributed by atoms with Crippen LogP contribution in [0.3, 0.4) is 0 Å². The van der Waals surface area contributed by atoms with Crippen LogP contribution >= 0.6 is 11.6 Å². The molecule has 0 saturated heterocycles. The zero-order valence-corrected chi connectivity index (χ0v) is 16.8. The number of ether oxygens (including phenoxy) is 1. The van der Waals surface area contributed by atoms with Gasteiger partial charge in [-0.2, -0.15) is 5.26 Å². The molecular formula is C23H17ClN2O4. The highest BCUT2D eigenvalue weighted by Crippen LogP contribution is 2.25. The van der Waals surface area contributed by atoms with Crippen molar-refractivity contribution in [2.24, 2.45) is 0 Å². The van der Waals surface area contributed by atoms with Gasteiger partial charge in [0.1, 0.15) is 23.2 Å². The maximum absolute atomic E-state index is 12.4. The molecule has 3 aromatic rings. The molecule has 3 rings (SSSR count). The van der Waals surface area contributed by atoms with Crippen LogP contribution in [0.1, 0.15) is 23.0 Å². The van der Waals surface area contributed by atoms with E-state index in [1.807, 2.05) is 6.07 Å². The zero-order chi connectivity index (χ0) is 21.5. The van der Waals surface area contributed by atoms with Crippen LogP contribution in [0, 0.1) is 11.3 Å². The molecule has 0 aliphatic rings. The molecule has 1 aromatic heterocycles. The quantitative estimate of drug-likeness (QED) is 0.331. The molecule has 0 saturated carbocycles. The van der Waals surface area contributed by atoms with Crippen LogP contribution < -0.4 is 5.32 Å². The predicted molar refractivity (Wildman–Crippen MR) is 114 cm³/mol. The largest absolute Gasteiger partial charge is 0.462 e. The van der Waals surface area contributed by atoms with E-state index in [1.165, 1.54) is 6.08 Å². The molecule has 0 fully saturated rings. The van der Waals surface area contributed by atoms with Gasteiger partial charge < -0.3 is 14.5 Å². The van der Waals surface area contributed by atoms with E-state index in [9.17, 15) is 14.9 Å². The number of esters is 1. The topological polar surface area (TPSA) is 92.3 Å². The lowest BCUT2D eigenvalue weighted by Crippen LogP contribution is -2.13. The van der Waals surface area contributed by atoms with E-state index in [4.69, 9.17) is 20.8 Å². The van der Waals surface area contributed by atoms with Crippen molar-refractivity contribution < 1.29 is 18.7 Å². The van der Waals surface area contributed by atoms with Crippen LogP contribution in [-0.4, -0.2) is 18.5 Å². The van der Waals surface area contributed by atoms with Crippen LogP contribution in [0.2, 0.25) is 5.02 Å². The van der Waals surface area contributed by atoms with Crippen molar-refractivity contribution in [3.8, 4) is 17.4 Å². The number of nitriles is 1. The summed E-state index contributed by atoms with van der Waals surface area (Å²) in [6.07, 6.45) is 1.35. The Labute approximate surface area is 178 Å². The second-order valence-corrected chi connectivity index (χ2v) is 6.51. The number of carbonyl (C=O) groups excluding carboxylic acids is 2. The van der Waals surface area contributed by atoms with Crippen LogP contribution in [-0.2, 0) is 9.53 Å². The van der Waals surface area contributed by atoms with Gasteiger partial charge in [-0.25, -0.2) is 4.79 Å². The van der Waals surface area contributed by atoms with Crippen LogP contribution in [0.5, 0.6) is 0 Å².